The molecule has 1 amide bonds. The van der Waals surface area contributed by atoms with Gasteiger partial charge in [-0.1, -0.05) is 65.9 Å². The number of likely N-dealkylation sites (N-methyl/N-ethyl adjacent to an activating group) is 1. The molecule has 0 aliphatic carbocycles. The van der Waals surface area contributed by atoms with E-state index in [4.69, 9.17) is 9.72 Å². The highest BCUT2D eigenvalue weighted by Gasteiger charge is 2.14. The quantitative estimate of drug-likeness (QED) is 0.403. The molecule has 0 radical (unpaired) electrons. The van der Waals surface area contributed by atoms with E-state index >= 15 is 0 Å². The van der Waals surface area contributed by atoms with Crippen LogP contribution in [-0.2, 0) is 17.9 Å². The summed E-state index contributed by atoms with van der Waals surface area (Å²) in [7, 11) is 1.90. The fraction of sp³-hybridized carbons (Fsp3) is 0.231. The van der Waals surface area contributed by atoms with Gasteiger partial charge in [0.15, 0.2) is 5.13 Å². The molecule has 164 valence electrons. The predicted molar refractivity (Wildman–Crippen MR) is 131 cm³/mol. The van der Waals surface area contributed by atoms with E-state index in [0.29, 0.717) is 13.2 Å². The molecule has 1 N–H and O–H groups in total. The minimum Gasteiger partial charge on any atom is -0.489 e. The first-order valence-corrected chi connectivity index (χ1v) is 11.4. The van der Waals surface area contributed by atoms with Crippen LogP contribution in [0.1, 0.15) is 22.3 Å². The maximum Gasteiger partial charge on any atom is 0.239 e. The molecule has 4 rings (SSSR count). The van der Waals surface area contributed by atoms with Crippen LogP contribution in [0.3, 0.4) is 0 Å². The molecular weight excluding hydrogens is 418 g/mol. The van der Waals surface area contributed by atoms with Crippen LogP contribution in [0.5, 0.6) is 5.75 Å². The van der Waals surface area contributed by atoms with Crippen LogP contribution in [0.2, 0.25) is 0 Å². The van der Waals surface area contributed by atoms with E-state index in [1.165, 1.54) is 10.3 Å². The molecule has 0 aliphatic heterocycles. The molecule has 0 fully saturated rings. The molecule has 5 nitrogen and oxygen atoms in total. The Bertz CT molecular complexity index is 1160. The molecule has 0 aliphatic rings. The topological polar surface area (TPSA) is 54.5 Å². The van der Waals surface area contributed by atoms with Gasteiger partial charge in [0.05, 0.1) is 16.8 Å². The zero-order valence-corrected chi connectivity index (χ0v) is 19.4. The second kappa shape index (κ2) is 9.83. The number of hydrogen-bond acceptors (Lipinski definition) is 5. The number of ether oxygens (including phenoxy) is 1. The maximum absolute atomic E-state index is 12.5. The number of nitrogens with one attached hydrogen (secondary N) is 1. The van der Waals surface area contributed by atoms with Gasteiger partial charge in [0.2, 0.25) is 5.91 Å². The molecule has 0 spiro atoms. The summed E-state index contributed by atoms with van der Waals surface area (Å²) in [4.78, 5) is 19.1. The zero-order valence-electron chi connectivity index (χ0n) is 18.6. The van der Waals surface area contributed by atoms with Crippen molar-refractivity contribution in [3.63, 3.8) is 0 Å². The van der Waals surface area contributed by atoms with Gasteiger partial charge in [-0.15, -0.1) is 0 Å². The number of thiazole rings is 1. The third-order valence-corrected chi connectivity index (χ3v) is 6.60. The summed E-state index contributed by atoms with van der Waals surface area (Å²) < 4.78 is 7.00. The molecule has 0 atom stereocenters. The first-order valence-electron chi connectivity index (χ1n) is 10.6. The third-order valence-electron chi connectivity index (χ3n) is 5.30. The molecule has 4 aromatic rings. The van der Waals surface area contributed by atoms with Crippen LogP contribution in [0.25, 0.3) is 10.2 Å². The highest BCUT2D eigenvalue weighted by Crippen LogP contribution is 2.32. The number of fused-ring (bicyclic) bond motifs is 1. The van der Waals surface area contributed by atoms with E-state index in [1.54, 1.807) is 11.3 Å². The molecule has 1 aromatic heterocycles. The van der Waals surface area contributed by atoms with E-state index in [9.17, 15) is 4.79 Å². The molecule has 0 unspecified atom stereocenters. The van der Waals surface area contributed by atoms with Crippen molar-refractivity contribution in [3.05, 3.63) is 89.0 Å². The summed E-state index contributed by atoms with van der Waals surface area (Å²) in [6, 6.07) is 22.1. The van der Waals surface area contributed by atoms with E-state index in [1.807, 2.05) is 66.5 Å². The van der Waals surface area contributed by atoms with Crippen LogP contribution in [0.15, 0.2) is 66.7 Å². The molecule has 3 aromatic carbocycles. The lowest BCUT2D eigenvalue weighted by atomic mass is 10.1. The van der Waals surface area contributed by atoms with Gasteiger partial charge in [0.25, 0.3) is 0 Å². The number of nitrogens with zero attached hydrogens (tertiary/aromatic N) is 2. The van der Waals surface area contributed by atoms with Crippen LogP contribution < -0.4 is 15.0 Å². The first kappa shape index (κ1) is 21.8. The molecule has 0 saturated heterocycles. The molecule has 1 heterocycles. The van der Waals surface area contributed by atoms with Crippen LogP contribution >= 0.6 is 11.3 Å². The Labute approximate surface area is 192 Å². The average Bonchev–Trinajstić information content (AvgIpc) is 3.27. The molecule has 32 heavy (non-hydrogen) atoms. The highest BCUT2D eigenvalue weighted by molar-refractivity contribution is 7.22. The first-order chi connectivity index (χ1) is 15.5. The summed E-state index contributed by atoms with van der Waals surface area (Å²) in [6.07, 6.45) is 0. The fourth-order valence-corrected chi connectivity index (χ4v) is 4.47. The van der Waals surface area contributed by atoms with Gasteiger partial charge in [0, 0.05) is 13.6 Å². The van der Waals surface area contributed by atoms with Crippen molar-refractivity contribution in [1.82, 2.24) is 10.3 Å². The Hall–Kier alpha value is -3.38. The fourth-order valence-electron chi connectivity index (χ4n) is 3.40. The Balaban J connectivity index is 1.28. The van der Waals surface area contributed by atoms with Gasteiger partial charge in [-0.3, -0.25) is 4.79 Å². The Morgan fingerprint density at radius 3 is 2.41 bits per heavy atom. The third kappa shape index (κ3) is 5.26. The van der Waals surface area contributed by atoms with Gasteiger partial charge in [-0.05, 0) is 48.2 Å². The molecule has 6 heteroatoms. The second-order valence-electron chi connectivity index (χ2n) is 7.92. The van der Waals surface area contributed by atoms with Crippen molar-refractivity contribution in [3.8, 4) is 5.75 Å². The number of carbonyl (C=O) groups excluding carboxylic acids is 1. The number of amides is 1. The van der Waals surface area contributed by atoms with Gasteiger partial charge >= 0.3 is 0 Å². The minimum atomic E-state index is -0.0374. The molecule has 0 saturated carbocycles. The summed E-state index contributed by atoms with van der Waals surface area (Å²) in [6.45, 7) is 5.43. The second-order valence-corrected chi connectivity index (χ2v) is 8.90. The number of rotatable bonds is 8. The zero-order chi connectivity index (χ0) is 22.5. The Kier molecular flexibility index (Phi) is 6.71. The number of anilines is 1. The summed E-state index contributed by atoms with van der Waals surface area (Å²) in [5.41, 5.74) is 5.54. The summed E-state index contributed by atoms with van der Waals surface area (Å²) in [5.74, 6) is 0.773. The van der Waals surface area contributed by atoms with Gasteiger partial charge in [-0.25, -0.2) is 4.98 Å². The number of carbonyl (C=O) groups is 1. The normalized spacial score (nSPS) is 10.8. The highest BCUT2D eigenvalue weighted by atomic mass is 32.1. The van der Waals surface area contributed by atoms with Crippen LogP contribution in [-0.4, -0.2) is 24.5 Å². The Morgan fingerprint density at radius 1 is 0.969 bits per heavy atom. The summed E-state index contributed by atoms with van der Waals surface area (Å²) in [5, 5.41) is 3.84. The van der Waals surface area contributed by atoms with Crippen molar-refractivity contribution in [1.29, 1.82) is 0 Å². The van der Waals surface area contributed by atoms with Gasteiger partial charge in [-0.2, -0.15) is 0 Å². The van der Waals surface area contributed by atoms with Crippen molar-refractivity contribution in [2.75, 3.05) is 18.5 Å². The maximum atomic E-state index is 12.5. The van der Waals surface area contributed by atoms with E-state index in [-0.39, 0.29) is 12.5 Å². The lowest BCUT2D eigenvalue weighted by molar-refractivity contribution is -0.119. The standard InChI is InChI=1S/C26H27N3O2S/c1-18-9-10-19(2)25-24(18)28-26(32-25)29(3)16-23(30)27-15-20-11-13-22(14-12-20)31-17-21-7-5-4-6-8-21/h4-14H,15-17H2,1-3H3,(H,27,30). The average molecular weight is 446 g/mol. The van der Waals surface area contributed by atoms with E-state index in [2.05, 4.69) is 31.3 Å². The minimum absolute atomic E-state index is 0.0374. The lowest BCUT2D eigenvalue weighted by Crippen LogP contribution is -2.34. The van der Waals surface area contributed by atoms with Crippen LogP contribution in [0, 0.1) is 13.8 Å². The number of hydrogen-bond donors (Lipinski definition) is 1. The molecular formula is C26H27N3O2S. The van der Waals surface area contributed by atoms with Gasteiger partial charge < -0.3 is 15.0 Å². The van der Waals surface area contributed by atoms with Crippen molar-refractivity contribution < 1.29 is 9.53 Å². The van der Waals surface area contributed by atoms with Crippen molar-refractivity contribution in [2.45, 2.75) is 27.0 Å². The SMILES string of the molecule is Cc1ccc(C)c2sc(N(C)CC(=O)NCc3ccc(OCc4ccccc4)cc3)nc12. The van der Waals surface area contributed by atoms with Gasteiger partial charge in [0.1, 0.15) is 12.4 Å². The van der Waals surface area contributed by atoms with E-state index < -0.39 is 0 Å². The lowest BCUT2D eigenvalue weighted by Gasteiger charge is -2.15. The molecule has 0 bridgehead atoms. The van der Waals surface area contributed by atoms with E-state index in [0.717, 1.165) is 33.1 Å². The van der Waals surface area contributed by atoms with Crippen molar-refractivity contribution >= 4 is 32.6 Å². The smallest absolute Gasteiger partial charge is 0.239 e. The number of aromatic nitrogens is 1. The monoisotopic (exact) mass is 445 g/mol. The number of aryl methyl sites for hydroxylation is 2. The summed E-state index contributed by atoms with van der Waals surface area (Å²) >= 11 is 1.63. The Morgan fingerprint density at radius 2 is 1.69 bits per heavy atom. The number of benzene rings is 3. The predicted octanol–water partition coefficient (Wildman–Crippen LogP) is 5.24. The van der Waals surface area contributed by atoms with Crippen LogP contribution in [0.4, 0.5) is 5.13 Å². The largest absolute Gasteiger partial charge is 0.489 e. The van der Waals surface area contributed by atoms with Crippen molar-refractivity contribution in [2.24, 2.45) is 0 Å².